The van der Waals surface area contributed by atoms with E-state index < -0.39 is 0 Å². The van der Waals surface area contributed by atoms with Crippen LogP contribution in [0.4, 0.5) is 17.6 Å². The van der Waals surface area contributed by atoms with Crippen LogP contribution in [0.3, 0.4) is 0 Å². The summed E-state index contributed by atoms with van der Waals surface area (Å²) in [5.74, 6) is 2.28. The number of phenolic OH excluding ortho intramolecular Hbond substituents is 2. The van der Waals surface area contributed by atoms with Crippen molar-refractivity contribution in [2.75, 3.05) is 41.4 Å². The zero-order valence-electron chi connectivity index (χ0n) is 15.2. The molecule has 0 radical (unpaired) electrons. The van der Waals surface area contributed by atoms with Crippen molar-refractivity contribution in [1.82, 2.24) is 9.97 Å². The first-order valence-corrected chi connectivity index (χ1v) is 9.39. The summed E-state index contributed by atoms with van der Waals surface area (Å²) in [4.78, 5) is 13.9. The Morgan fingerprint density at radius 2 is 1.63 bits per heavy atom. The van der Waals surface area contributed by atoms with Crippen LogP contribution < -0.4 is 15.2 Å². The van der Waals surface area contributed by atoms with Gasteiger partial charge in [-0.3, -0.25) is 5.43 Å². The lowest BCUT2D eigenvalue weighted by Crippen LogP contribution is -2.24. The molecular formula is C19H24N6O2. The van der Waals surface area contributed by atoms with Gasteiger partial charge in [-0.1, -0.05) is 0 Å². The van der Waals surface area contributed by atoms with Crippen molar-refractivity contribution in [3.05, 3.63) is 29.8 Å². The largest absolute Gasteiger partial charge is 0.508 e. The van der Waals surface area contributed by atoms with Crippen LogP contribution >= 0.6 is 0 Å². The number of aromatic nitrogens is 2. The fraction of sp³-hybridized carbons (Fsp3) is 0.421. The molecule has 0 saturated carbocycles. The smallest absolute Gasteiger partial charge is 0.229 e. The monoisotopic (exact) mass is 368 g/mol. The van der Waals surface area contributed by atoms with Crippen LogP contribution in [-0.2, 0) is 0 Å². The van der Waals surface area contributed by atoms with Gasteiger partial charge in [0.1, 0.15) is 17.3 Å². The van der Waals surface area contributed by atoms with Crippen molar-refractivity contribution in [2.45, 2.75) is 25.7 Å². The highest BCUT2D eigenvalue weighted by Crippen LogP contribution is 2.26. The quantitative estimate of drug-likeness (QED) is 0.551. The second-order valence-electron chi connectivity index (χ2n) is 6.91. The number of benzene rings is 1. The van der Waals surface area contributed by atoms with Crippen LogP contribution in [0, 0.1) is 0 Å². The molecular weight excluding hydrogens is 344 g/mol. The standard InChI is InChI=1S/C19H24N6O2/c26-15-6-5-14(16(27)11-15)13-20-23-17-12-18(24-7-1-2-8-24)22-19(21-17)25-9-3-4-10-25/h5-6,11-13,26-27H,1-4,7-10H2,(H,21,22,23). The van der Waals surface area contributed by atoms with E-state index >= 15 is 0 Å². The van der Waals surface area contributed by atoms with Crippen LogP contribution in [-0.4, -0.2) is 52.6 Å². The first kappa shape index (κ1) is 17.4. The SMILES string of the molecule is Oc1ccc(C=NNc2cc(N3CCCC3)nc(N3CCCC3)n2)c(O)c1. The summed E-state index contributed by atoms with van der Waals surface area (Å²) in [6.45, 7) is 3.99. The Labute approximate surface area is 158 Å². The van der Waals surface area contributed by atoms with E-state index in [2.05, 4.69) is 25.3 Å². The van der Waals surface area contributed by atoms with Crippen LogP contribution in [0.15, 0.2) is 29.4 Å². The zero-order chi connectivity index (χ0) is 18.6. The average Bonchev–Trinajstić information content (AvgIpc) is 3.37. The molecule has 2 fully saturated rings. The predicted molar refractivity (Wildman–Crippen MR) is 106 cm³/mol. The fourth-order valence-electron chi connectivity index (χ4n) is 3.46. The van der Waals surface area contributed by atoms with E-state index in [4.69, 9.17) is 4.98 Å². The van der Waals surface area contributed by atoms with Gasteiger partial charge >= 0.3 is 0 Å². The molecule has 0 atom stereocenters. The summed E-state index contributed by atoms with van der Waals surface area (Å²) in [7, 11) is 0. The summed E-state index contributed by atoms with van der Waals surface area (Å²) < 4.78 is 0. The average molecular weight is 368 g/mol. The highest BCUT2D eigenvalue weighted by molar-refractivity contribution is 5.84. The Hall–Kier alpha value is -3.03. The summed E-state index contributed by atoms with van der Waals surface area (Å²) in [5.41, 5.74) is 3.46. The van der Waals surface area contributed by atoms with E-state index in [9.17, 15) is 10.2 Å². The number of hydrazone groups is 1. The Kier molecular flexibility index (Phi) is 4.95. The number of hydrogen-bond acceptors (Lipinski definition) is 8. The number of rotatable bonds is 5. The third-order valence-corrected chi connectivity index (χ3v) is 4.92. The molecule has 0 amide bonds. The van der Waals surface area contributed by atoms with Crippen molar-refractivity contribution < 1.29 is 10.2 Å². The summed E-state index contributed by atoms with van der Waals surface area (Å²) in [6.07, 6.45) is 6.20. The minimum atomic E-state index is -0.0289. The van der Waals surface area contributed by atoms with E-state index in [1.807, 2.05) is 6.07 Å². The predicted octanol–water partition coefficient (Wildman–Crippen LogP) is 2.53. The molecule has 0 bridgehead atoms. The second-order valence-corrected chi connectivity index (χ2v) is 6.91. The van der Waals surface area contributed by atoms with Crippen molar-refractivity contribution in [3.8, 4) is 11.5 Å². The van der Waals surface area contributed by atoms with Crippen molar-refractivity contribution in [3.63, 3.8) is 0 Å². The van der Waals surface area contributed by atoms with Gasteiger partial charge in [0.2, 0.25) is 5.95 Å². The molecule has 2 aliphatic rings. The second kappa shape index (κ2) is 7.69. The lowest BCUT2D eigenvalue weighted by Gasteiger charge is -2.21. The number of nitrogens with zero attached hydrogens (tertiary/aromatic N) is 5. The Morgan fingerprint density at radius 1 is 0.926 bits per heavy atom. The molecule has 2 aliphatic heterocycles. The van der Waals surface area contributed by atoms with E-state index in [-0.39, 0.29) is 11.5 Å². The molecule has 142 valence electrons. The van der Waals surface area contributed by atoms with Crippen molar-refractivity contribution in [2.24, 2.45) is 5.10 Å². The van der Waals surface area contributed by atoms with Gasteiger partial charge in [-0.2, -0.15) is 15.1 Å². The maximum atomic E-state index is 9.85. The van der Waals surface area contributed by atoms with Gasteiger partial charge in [0.25, 0.3) is 0 Å². The lowest BCUT2D eigenvalue weighted by molar-refractivity contribution is 0.450. The van der Waals surface area contributed by atoms with Gasteiger partial charge in [0.05, 0.1) is 6.21 Å². The molecule has 3 N–H and O–H groups in total. The maximum Gasteiger partial charge on any atom is 0.229 e. The fourth-order valence-corrected chi connectivity index (χ4v) is 3.46. The highest BCUT2D eigenvalue weighted by Gasteiger charge is 2.20. The highest BCUT2D eigenvalue weighted by atomic mass is 16.3. The zero-order valence-corrected chi connectivity index (χ0v) is 15.2. The van der Waals surface area contributed by atoms with Crippen LogP contribution in [0.1, 0.15) is 31.2 Å². The Bertz CT molecular complexity index is 795. The normalized spacial score (nSPS) is 17.2. The lowest BCUT2D eigenvalue weighted by atomic mass is 10.2. The molecule has 0 aliphatic carbocycles. The summed E-state index contributed by atoms with van der Waals surface area (Å²) in [6, 6.07) is 6.30. The Balaban J connectivity index is 1.55. The molecule has 2 saturated heterocycles. The molecule has 0 spiro atoms. The number of nitrogens with one attached hydrogen (secondary N) is 1. The van der Waals surface area contributed by atoms with E-state index in [1.54, 1.807) is 6.07 Å². The van der Waals surface area contributed by atoms with Gasteiger partial charge in [-0.25, -0.2) is 0 Å². The summed E-state index contributed by atoms with van der Waals surface area (Å²) in [5, 5.41) is 23.4. The number of anilines is 3. The van der Waals surface area contributed by atoms with Gasteiger partial charge in [0, 0.05) is 43.9 Å². The van der Waals surface area contributed by atoms with Gasteiger partial charge in [-0.05, 0) is 37.8 Å². The Morgan fingerprint density at radius 3 is 2.33 bits per heavy atom. The molecule has 8 nitrogen and oxygen atoms in total. The van der Waals surface area contributed by atoms with E-state index in [1.165, 1.54) is 44.0 Å². The van der Waals surface area contributed by atoms with Crippen LogP contribution in [0.2, 0.25) is 0 Å². The molecule has 0 unspecified atom stereocenters. The third kappa shape index (κ3) is 4.05. The molecule has 27 heavy (non-hydrogen) atoms. The molecule has 8 heteroatoms. The van der Waals surface area contributed by atoms with Gasteiger partial charge < -0.3 is 20.0 Å². The van der Waals surface area contributed by atoms with Gasteiger partial charge in [-0.15, -0.1) is 0 Å². The molecule has 1 aromatic carbocycles. The topological polar surface area (TPSA) is 97.1 Å². The molecule has 2 aromatic rings. The van der Waals surface area contributed by atoms with Crippen molar-refractivity contribution in [1.29, 1.82) is 0 Å². The van der Waals surface area contributed by atoms with Gasteiger partial charge in [0.15, 0.2) is 5.82 Å². The molecule has 4 rings (SSSR count). The minimum absolute atomic E-state index is 0.0129. The summed E-state index contributed by atoms with van der Waals surface area (Å²) >= 11 is 0. The number of aromatic hydroxyl groups is 2. The van der Waals surface area contributed by atoms with Crippen molar-refractivity contribution >= 4 is 23.8 Å². The van der Waals surface area contributed by atoms with E-state index in [0.29, 0.717) is 11.4 Å². The number of hydrogen-bond donors (Lipinski definition) is 3. The first-order valence-electron chi connectivity index (χ1n) is 9.39. The van der Waals surface area contributed by atoms with Crippen LogP contribution in [0.25, 0.3) is 0 Å². The van der Waals surface area contributed by atoms with Crippen LogP contribution in [0.5, 0.6) is 11.5 Å². The maximum absolute atomic E-state index is 9.85. The minimum Gasteiger partial charge on any atom is -0.508 e. The third-order valence-electron chi connectivity index (χ3n) is 4.92. The number of phenols is 2. The van der Waals surface area contributed by atoms with E-state index in [0.717, 1.165) is 37.9 Å². The first-order chi connectivity index (χ1) is 13.2. The molecule has 1 aromatic heterocycles. The molecule has 3 heterocycles.